The van der Waals surface area contributed by atoms with E-state index in [2.05, 4.69) is 26.5 Å². The van der Waals surface area contributed by atoms with Crippen LogP contribution in [0.3, 0.4) is 0 Å². The van der Waals surface area contributed by atoms with Crippen LogP contribution in [0.5, 0.6) is 23.0 Å². The van der Waals surface area contributed by atoms with Gasteiger partial charge >= 0.3 is 5.97 Å². The van der Waals surface area contributed by atoms with Gasteiger partial charge in [0, 0.05) is 10.0 Å². The molecule has 0 atom stereocenters. The van der Waals surface area contributed by atoms with Gasteiger partial charge in [-0.15, -0.1) is 0 Å². The highest BCUT2D eigenvalue weighted by Gasteiger charge is 2.18. The first-order valence-corrected chi connectivity index (χ1v) is 10.5. The Balaban J connectivity index is 1.63. The van der Waals surface area contributed by atoms with E-state index in [0.29, 0.717) is 34.1 Å². The van der Waals surface area contributed by atoms with Crippen LogP contribution in [0, 0.1) is 0 Å². The average molecular weight is 513 g/mol. The Bertz CT molecular complexity index is 1140. The Morgan fingerprint density at radius 3 is 2.00 bits per heavy atom. The number of nitrogens with one attached hydrogen (secondary N) is 1. The zero-order chi connectivity index (χ0) is 23.8. The standard InChI is InChI=1S/C24H21BrN2O6/c1-30-20-12-17(13-21(31-2)22(20)32-3)24(29)33-19-10-4-15(5-11-19)14-26-27-23(28)16-6-8-18(25)9-7-16/h4-14H,1-3H3,(H,27,28). The summed E-state index contributed by atoms with van der Waals surface area (Å²) in [4.78, 5) is 24.7. The largest absolute Gasteiger partial charge is 0.493 e. The van der Waals surface area contributed by atoms with Crippen molar-refractivity contribution in [3.05, 3.63) is 81.8 Å². The van der Waals surface area contributed by atoms with E-state index in [-0.39, 0.29) is 11.5 Å². The number of methoxy groups -OCH3 is 3. The Morgan fingerprint density at radius 2 is 1.45 bits per heavy atom. The van der Waals surface area contributed by atoms with Gasteiger partial charge in [0.1, 0.15) is 5.75 Å². The second-order valence-electron chi connectivity index (χ2n) is 6.58. The number of hydrazone groups is 1. The molecule has 3 aromatic rings. The molecule has 1 amide bonds. The predicted octanol–water partition coefficient (Wildman–Crippen LogP) is 4.46. The number of hydrogen-bond donors (Lipinski definition) is 1. The molecule has 3 aromatic carbocycles. The van der Waals surface area contributed by atoms with E-state index in [9.17, 15) is 9.59 Å². The Labute approximate surface area is 199 Å². The van der Waals surface area contributed by atoms with Gasteiger partial charge in [-0.3, -0.25) is 4.79 Å². The number of benzene rings is 3. The Kier molecular flexibility index (Phi) is 8.04. The lowest BCUT2D eigenvalue weighted by atomic mass is 10.2. The van der Waals surface area contributed by atoms with E-state index in [1.165, 1.54) is 39.7 Å². The number of rotatable bonds is 8. The highest BCUT2D eigenvalue weighted by molar-refractivity contribution is 9.10. The molecule has 9 heteroatoms. The molecule has 0 aromatic heterocycles. The van der Waals surface area contributed by atoms with Crippen molar-refractivity contribution in [1.82, 2.24) is 5.43 Å². The molecule has 0 aliphatic carbocycles. The van der Waals surface area contributed by atoms with Gasteiger partial charge in [0.25, 0.3) is 5.91 Å². The third-order valence-electron chi connectivity index (χ3n) is 4.48. The molecule has 8 nitrogen and oxygen atoms in total. The minimum Gasteiger partial charge on any atom is -0.493 e. The summed E-state index contributed by atoms with van der Waals surface area (Å²) in [7, 11) is 4.41. The van der Waals surface area contributed by atoms with Crippen LogP contribution in [0.1, 0.15) is 26.3 Å². The van der Waals surface area contributed by atoms with Crippen molar-refractivity contribution in [2.45, 2.75) is 0 Å². The van der Waals surface area contributed by atoms with Crippen molar-refractivity contribution in [2.75, 3.05) is 21.3 Å². The summed E-state index contributed by atoms with van der Waals surface area (Å²) in [6.07, 6.45) is 1.49. The van der Waals surface area contributed by atoms with E-state index < -0.39 is 5.97 Å². The second-order valence-corrected chi connectivity index (χ2v) is 7.49. The van der Waals surface area contributed by atoms with Gasteiger partial charge in [0.2, 0.25) is 5.75 Å². The van der Waals surface area contributed by atoms with Crippen LogP contribution in [0.2, 0.25) is 0 Å². The predicted molar refractivity (Wildman–Crippen MR) is 127 cm³/mol. The fraction of sp³-hybridized carbons (Fsp3) is 0.125. The van der Waals surface area contributed by atoms with E-state index >= 15 is 0 Å². The quantitative estimate of drug-likeness (QED) is 0.207. The van der Waals surface area contributed by atoms with Gasteiger partial charge in [-0.05, 0) is 66.2 Å². The molecule has 3 rings (SSSR count). The molecular weight excluding hydrogens is 492 g/mol. The van der Waals surface area contributed by atoms with Gasteiger partial charge in [-0.2, -0.15) is 5.10 Å². The number of halogens is 1. The highest BCUT2D eigenvalue weighted by Crippen LogP contribution is 2.38. The van der Waals surface area contributed by atoms with Crippen LogP contribution in [-0.4, -0.2) is 39.4 Å². The number of ether oxygens (including phenoxy) is 4. The van der Waals surface area contributed by atoms with Crippen molar-refractivity contribution in [1.29, 1.82) is 0 Å². The maximum absolute atomic E-state index is 12.6. The monoisotopic (exact) mass is 512 g/mol. The van der Waals surface area contributed by atoms with E-state index in [0.717, 1.165) is 4.47 Å². The highest BCUT2D eigenvalue weighted by atomic mass is 79.9. The van der Waals surface area contributed by atoms with Gasteiger partial charge in [-0.1, -0.05) is 15.9 Å². The van der Waals surface area contributed by atoms with Crippen molar-refractivity contribution >= 4 is 34.0 Å². The minimum absolute atomic E-state index is 0.241. The molecule has 0 saturated carbocycles. The zero-order valence-corrected chi connectivity index (χ0v) is 19.7. The third-order valence-corrected chi connectivity index (χ3v) is 5.01. The van der Waals surface area contributed by atoms with Crippen molar-refractivity contribution in [3.63, 3.8) is 0 Å². The first kappa shape index (κ1) is 23.8. The summed E-state index contributed by atoms with van der Waals surface area (Å²) in [5.41, 5.74) is 3.90. The zero-order valence-electron chi connectivity index (χ0n) is 18.1. The smallest absolute Gasteiger partial charge is 0.343 e. The van der Waals surface area contributed by atoms with Crippen LogP contribution in [0.4, 0.5) is 0 Å². The first-order chi connectivity index (χ1) is 15.9. The van der Waals surface area contributed by atoms with Crippen LogP contribution >= 0.6 is 15.9 Å². The number of esters is 1. The van der Waals surface area contributed by atoms with Crippen molar-refractivity contribution in [2.24, 2.45) is 5.10 Å². The lowest BCUT2D eigenvalue weighted by Gasteiger charge is -2.13. The number of amides is 1. The number of carbonyl (C=O) groups excluding carboxylic acids is 2. The molecule has 170 valence electrons. The molecule has 0 radical (unpaired) electrons. The Morgan fingerprint density at radius 1 is 0.848 bits per heavy atom. The topological polar surface area (TPSA) is 95.5 Å². The number of carbonyl (C=O) groups is 2. The molecular formula is C24H21BrN2O6. The maximum atomic E-state index is 12.6. The lowest BCUT2D eigenvalue weighted by Crippen LogP contribution is -2.17. The molecule has 0 fully saturated rings. The molecule has 0 unspecified atom stereocenters. The molecule has 0 aliphatic rings. The molecule has 1 N–H and O–H groups in total. The summed E-state index contributed by atoms with van der Waals surface area (Å²) in [5, 5.41) is 3.95. The molecule has 0 heterocycles. The summed E-state index contributed by atoms with van der Waals surface area (Å²) < 4.78 is 22.1. The lowest BCUT2D eigenvalue weighted by molar-refractivity contribution is 0.0733. The van der Waals surface area contributed by atoms with Gasteiger partial charge in [0.05, 0.1) is 33.1 Å². The average Bonchev–Trinajstić information content (AvgIpc) is 2.84. The maximum Gasteiger partial charge on any atom is 0.343 e. The number of hydrogen-bond acceptors (Lipinski definition) is 7. The number of nitrogens with zero attached hydrogens (tertiary/aromatic N) is 1. The third kappa shape index (κ3) is 6.11. The summed E-state index contributed by atoms with van der Waals surface area (Å²) in [6, 6.07) is 16.6. The van der Waals surface area contributed by atoms with Crippen LogP contribution in [0.15, 0.2) is 70.2 Å². The fourth-order valence-electron chi connectivity index (χ4n) is 2.82. The van der Waals surface area contributed by atoms with Crippen molar-refractivity contribution in [3.8, 4) is 23.0 Å². The molecule has 0 spiro atoms. The molecule has 0 saturated heterocycles. The molecule has 0 bridgehead atoms. The van der Waals surface area contributed by atoms with E-state index in [1.807, 2.05) is 0 Å². The SMILES string of the molecule is COc1cc(C(=O)Oc2ccc(C=NNC(=O)c3ccc(Br)cc3)cc2)cc(OC)c1OC. The minimum atomic E-state index is -0.586. The normalized spacial score (nSPS) is 10.5. The first-order valence-electron chi connectivity index (χ1n) is 9.66. The summed E-state index contributed by atoms with van der Waals surface area (Å²) in [6.45, 7) is 0. The van der Waals surface area contributed by atoms with Gasteiger partial charge in [0.15, 0.2) is 11.5 Å². The van der Waals surface area contributed by atoms with E-state index in [1.54, 1.807) is 48.5 Å². The Hall–Kier alpha value is -3.85. The van der Waals surface area contributed by atoms with Crippen LogP contribution < -0.4 is 24.4 Å². The van der Waals surface area contributed by atoms with Crippen LogP contribution in [-0.2, 0) is 0 Å². The van der Waals surface area contributed by atoms with Crippen LogP contribution in [0.25, 0.3) is 0 Å². The van der Waals surface area contributed by atoms with E-state index in [4.69, 9.17) is 18.9 Å². The van der Waals surface area contributed by atoms with Gasteiger partial charge in [-0.25, -0.2) is 10.2 Å². The van der Waals surface area contributed by atoms with Crippen molar-refractivity contribution < 1.29 is 28.5 Å². The molecule has 0 aliphatic heterocycles. The summed E-state index contributed by atoms with van der Waals surface area (Å²) in [5.74, 6) is 0.505. The second kappa shape index (κ2) is 11.1. The molecule has 33 heavy (non-hydrogen) atoms. The fourth-order valence-corrected chi connectivity index (χ4v) is 3.08. The van der Waals surface area contributed by atoms with Gasteiger partial charge < -0.3 is 18.9 Å². The summed E-state index contributed by atoms with van der Waals surface area (Å²) >= 11 is 3.32.